The van der Waals surface area contributed by atoms with Crippen LogP contribution in [0.2, 0.25) is 0 Å². The highest BCUT2D eigenvalue weighted by Gasteiger charge is 2.44. The predicted octanol–water partition coefficient (Wildman–Crippen LogP) is 2.50. The molecule has 6 nitrogen and oxygen atoms in total. The molecule has 0 amide bonds. The van der Waals surface area contributed by atoms with Crippen LogP contribution in [0.4, 0.5) is 0 Å². The van der Waals surface area contributed by atoms with Crippen molar-refractivity contribution in [3.05, 3.63) is 41.5 Å². The summed E-state index contributed by atoms with van der Waals surface area (Å²) in [5.41, 5.74) is 2.18. The highest BCUT2D eigenvalue weighted by atomic mass is 16.5. The van der Waals surface area contributed by atoms with Crippen LogP contribution in [-0.4, -0.2) is 46.4 Å². The number of aromatic nitrogens is 2. The van der Waals surface area contributed by atoms with Crippen LogP contribution >= 0.6 is 0 Å². The zero-order valence-electron chi connectivity index (χ0n) is 14.1. The number of pyridine rings is 1. The Bertz CT molecular complexity index is 669. The van der Waals surface area contributed by atoms with E-state index >= 15 is 0 Å². The fraction of sp³-hybridized carbons (Fsp3) is 0.556. The van der Waals surface area contributed by atoms with Gasteiger partial charge in [-0.05, 0) is 38.8 Å². The van der Waals surface area contributed by atoms with Crippen molar-refractivity contribution >= 4 is 0 Å². The van der Waals surface area contributed by atoms with E-state index in [0.717, 1.165) is 49.7 Å². The molecule has 128 valence electrons. The second-order valence-corrected chi connectivity index (χ2v) is 6.60. The van der Waals surface area contributed by atoms with Gasteiger partial charge in [-0.15, -0.1) is 0 Å². The summed E-state index contributed by atoms with van der Waals surface area (Å²) in [6.07, 6.45) is 5.80. The first kappa shape index (κ1) is 15.6. The lowest BCUT2D eigenvalue weighted by Gasteiger charge is -2.39. The van der Waals surface area contributed by atoms with Crippen molar-refractivity contribution in [1.82, 2.24) is 15.0 Å². The normalized spacial score (nSPS) is 27.2. The van der Waals surface area contributed by atoms with E-state index in [1.54, 1.807) is 12.4 Å². The molecule has 3 heterocycles. The van der Waals surface area contributed by atoms with Gasteiger partial charge in [0.1, 0.15) is 23.7 Å². The zero-order valence-corrected chi connectivity index (χ0v) is 14.1. The van der Waals surface area contributed by atoms with E-state index in [1.165, 1.54) is 5.56 Å². The molecule has 1 aliphatic heterocycles. The standard InChI is InChI=1S/C18H23N3O3/c1-12-15(13(2)24-20-12)11-21-8-9-22-18-16(21)5-6-17(18)23-14-4-3-7-19-10-14/h3-4,7,10,16-18H,5-6,8-9,11H2,1-2H3/t16-,17-,18+/m0/s1. The summed E-state index contributed by atoms with van der Waals surface area (Å²) in [6, 6.07) is 4.23. The molecule has 0 bridgehead atoms. The van der Waals surface area contributed by atoms with Crippen LogP contribution < -0.4 is 4.74 Å². The van der Waals surface area contributed by atoms with Crippen LogP contribution in [0, 0.1) is 13.8 Å². The van der Waals surface area contributed by atoms with E-state index in [2.05, 4.69) is 15.0 Å². The van der Waals surface area contributed by atoms with Crippen LogP contribution in [0.15, 0.2) is 29.0 Å². The van der Waals surface area contributed by atoms with E-state index in [0.29, 0.717) is 6.04 Å². The lowest BCUT2D eigenvalue weighted by atomic mass is 10.1. The molecule has 0 unspecified atom stereocenters. The first-order chi connectivity index (χ1) is 11.7. The number of morpholine rings is 1. The first-order valence-corrected chi connectivity index (χ1v) is 8.56. The second-order valence-electron chi connectivity index (χ2n) is 6.60. The molecule has 3 atom stereocenters. The highest BCUT2D eigenvalue weighted by Crippen LogP contribution is 2.34. The molecule has 6 heteroatoms. The summed E-state index contributed by atoms with van der Waals surface area (Å²) in [4.78, 5) is 6.61. The van der Waals surface area contributed by atoms with Gasteiger partial charge in [0.05, 0.1) is 18.5 Å². The molecule has 2 aliphatic rings. The molecule has 0 N–H and O–H groups in total. The number of hydrogen-bond donors (Lipinski definition) is 0. The lowest BCUT2D eigenvalue weighted by molar-refractivity contribution is -0.0917. The topological polar surface area (TPSA) is 60.6 Å². The third kappa shape index (κ3) is 2.91. The van der Waals surface area contributed by atoms with Crippen LogP contribution in [0.3, 0.4) is 0 Å². The maximum absolute atomic E-state index is 6.13. The van der Waals surface area contributed by atoms with Gasteiger partial charge in [0, 0.05) is 30.9 Å². The van der Waals surface area contributed by atoms with Crippen molar-refractivity contribution in [1.29, 1.82) is 0 Å². The van der Waals surface area contributed by atoms with Crippen molar-refractivity contribution < 1.29 is 14.0 Å². The van der Waals surface area contributed by atoms with Gasteiger partial charge in [-0.2, -0.15) is 0 Å². The summed E-state index contributed by atoms with van der Waals surface area (Å²) in [5, 5.41) is 4.07. The van der Waals surface area contributed by atoms with E-state index in [1.807, 2.05) is 26.0 Å². The first-order valence-electron chi connectivity index (χ1n) is 8.56. The fourth-order valence-corrected chi connectivity index (χ4v) is 3.84. The Hall–Kier alpha value is -1.92. The van der Waals surface area contributed by atoms with Gasteiger partial charge < -0.3 is 14.0 Å². The molecule has 1 aliphatic carbocycles. The zero-order chi connectivity index (χ0) is 16.5. The van der Waals surface area contributed by atoms with Gasteiger partial charge in [-0.1, -0.05) is 5.16 Å². The van der Waals surface area contributed by atoms with Gasteiger partial charge in [0.25, 0.3) is 0 Å². The van der Waals surface area contributed by atoms with Crippen LogP contribution in [0.5, 0.6) is 5.75 Å². The van der Waals surface area contributed by atoms with Gasteiger partial charge >= 0.3 is 0 Å². The minimum Gasteiger partial charge on any atom is -0.486 e. The Morgan fingerprint density at radius 3 is 3.00 bits per heavy atom. The average Bonchev–Trinajstić information content (AvgIpc) is 3.15. The molecule has 2 fully saturated rings. The van der Waals surface area contributed by atoms with Crippen molar-refractivity contribution in [2.75, 3.05) is 13.2 Å². The van der Waals surface area contributed by atoms with Crippen LogP contribution in [-0.2, 0) is 11.3 Å². The van der Waals surface area contributed by atoms with E-state index in [9.17, 15) is 0 Å². The van der Waals surface area contributed by atoms with Crippen LogP contribution in [0.1, 0.15) is 29.9 Å². The molecule has 1 saturated carbocycles. The average molecular weight is 329 g/mol. The number of rotatable bonds is 4. The molecule has 1 saturated heterocycles. The van der Waals surface area contributed by atoms with Crippen molar-refractivity contribution in [2.45, 2.75) is 51.5 Å². The van der Waals surface area contributed by atoms with Crippen molar-refractivity contribution in [2.24, 2.45) is 0 Å². The molecule has 2 aromatic heterocycles. The number of ether oxygens (including phenoxy) is 2. The minimum absolute atomic E-state index is 0.0895. The Morgan fingerprint density at radius 2 is 2.25 bits per heavy atom. The number of fused-ring (bicyclic) bond motifs is 1. The molecule has 24 heavy (non-hydrogen) atoms. The van der Waals surface area contributed by atoms with Gasteiger partial charge in [-0.3, -0.25) is 9.88 Å². The fourth-order valence-electron chi connectivity index (χ4n) is 3.84. The number of aryl methyl sites for hydroxylation is 2. The maximum atomic E-state index is 6.13. The number of hydrogen-bond acceptors (Lipinski definition) is 6. The molecule has 0 radical (unpaired) electrons. The minimum atomic E-state index is 0.0895. The SMILES string of the molecule is Cc1noc(C)c1CN1CCO[C@H]2[C@@H](Oc3cccnc3)CC[C@@H]21. The molecular weight excluding hydrogens is 306 g/mol. The maximum Gasteiger partial charge on any atom is 0.138 e. The Morgan fingerprint density at radius 1 is 1.33 bits per heavy atom. The Kier molecular flexibility index (Phi) is 4.24. The summed E-state index contributed by atoms with van der Waals surface area (Å²) >= 11 is 0. The third-order valence-electron chi connectivity index (χ3n) is 5.11. The Labute approximate surface area is 141 Å². The summed E-state index contributed by atoms with van der Waals surface area (Å²) < 4.78 is 17.5. The van der Waals surface area contributed by atoms with Gasteiger partial charge in [-0.25, -0.2) is 0 Å². The largest absolute Gasteiger partial charge is 0.486 e. The molecular formula is C18H23N3O3. The quantitative estimate of drug-likeness (QED) is 0.859. The smallest absolute Gasteiger partial charge is 0.138 e. The molecule has 4 rings (SSSR count). The molecule has 0 aromatic carbocycles. The van der Waals surface area contributed by atoms with E-state index in [-0.39, 0.29) is 12.2 Å². The van der Waals surface area contributed by atoms with E-state index < -0.39 is 0 Å². The monoisotopic (exact) mass is 329 g/mol. The Balaban J connectivity index is 1.46. The van der Waals surface area contributed by atoms with Crippen molar-refractivity contribution in [3.8, 4) is 5.75 Å². The summed E-state index contributed by atoms with van der Waals surface area (Å²) in [5.74, 6) is 1.73. The second kappa shape index (κ2) is 6.53. The summed E-state index contributed by atoms with van der Waals surface area (Å²) in [7, 11) is 0. The highest BCUT2D eigenvalue weighted by molar-refractivity contribution is 5.21. The van der Waals surface area contributed by atoms with Gasteiger partial charge in [0.2, 0.25) is 0 Å². The van der Waals surface area contributed by atoms with Gasteiger partial charge in [0.15, 0.2) is 0 Å². The van der Waals surface area contributed by atoms with E-state index in [4.69, 9.17) is 14.0 Å². The predicted molar refractivity (Wildman–Crippen MR) is 87.8 cm³/mol. The lowest BCUT2D eigenvalue weighted by Crippen LogP contribution is -2.51. The third-order valence-corrected chi connectivity index (χ3v) is 5.11. The molecule has 2 aromatic rings. The summed E-state index contributed by atoms with van der Waals surface area (Å²) in [6.45, 7) is 6.52. The van der Waals surface area contributed by atoms with Crippen molar-refractivity contribution in [3.63, 3.8) is 0 Å². The van der Waals surface area contributed by atoms with Crippen LogP contribution in [0.25, 0.3) is 0 Å². The number of nitrogens with zero attached hydrogens (tertiary/aromatic N) is 3. The molecule has 0 spiro atoms.